The number of hydrogen-bond acceptors (Lipinski definition) is 1. The quantitative estimate of drug-likeness (QED) is 0.592. The second-order valence-electron chi connectivity index (χ2n) is 4.23. The summed E-state index contributed by atoms with van der Waals surface area (Å²) in [5.74, 6) is 0. The predicted molar refractivity (Wildman–Crippen MR) is 72.2 cm³/mol. The van der Waals surface area contributed by atoms with Crippen LogP contribution >= 0.6 is 0 Å². The number of hydrogen-bond donors (Lipinski definition) is 0. The first-order valence-electron chi connectivity index (χ1n) is 5.78. The van der Waals surface area contributed by atoms with Crippen molar-refractivity contribution in [1.29, 1.82) is 0 Å². The van der Waals surface area contributed by atoms with Crippen LogP contribution in [0.3, 0.4) is 0 Å². The highest BCUT2D eigenvalue weighted by Crippen LogP contribution is 2.28. The molecule has 0 saturated heterocycles. The predicted octanol–water partition coefficient (Wildman–Crippen LogP) is 4.14. The molecular weight excluding hydrogens is 208 g/mol. The summed E-state index contributed by atoms with van der Waals surface area (Å²) in [7, 11) is 1.75. The molecule has 1 nitrogen and oxygen atoms in total. The lowest BCUT2D eigenvalue weighted by Gasteiger charge is -2.10. The van der Waals surface area contributed by atoms with Gasteiger partial charge < -0.3 is 4.74 Å². The molecule has 0 radical (unpaired) electrons. The summed E-state index contributed by atoms with van der Waals surface area (Å²) in [6.45, 7) is 0.655. The zero-order valence-corrected chi connectivity index (χ0v) is 9.81. The highest BCUT2D eigenvalue weighted by Gasteiger charge is 2.06. The molecule has 0 saturated carbocycles. The molecule has 3 aromatic rings. The molecule has 3 aromatic carbocycles. The second-order valence-corrected chi connectivity index (χ2v) is 4.23. The van der Waals surface area contributed by atoms with Crippen LogP contribution in [0.5, 0.6) is 0 Å². The number of methoxy groups -OCH3 is 1. The molecule has 0 atom stereocenters. The van der Waals surface area contributed by atoms with Gasteiger partial charge in [0, 0.05) is 7.11 Å². The molecule has 0 bridgehead atoms. The Morgan fingerprint density at radius 3 is 1.88 bits per heavy atom. The Balaban J connectivity index is 2.47. The van der Waals surface area contributed by atoms with Crippen molar-refractivity contribution in [2.75, 3.05) is 7.11 Å². The van der Waals surface area contributed by atoms with Gasteiger partial charge in [-0.1, -0.05) is 48.5 Å². The van der Waals surface area contributed by atoms with Gasteiger partial charge in [0.25, 0.3) is 0 Å². The molecule has 0 spiro atoms. The molecule has 0 amide bonds. The third-order valence-corrected chi connectivity index (χ3v) is 3.17. The molecule has 0 aliphatic rings. The highest BCUT2D eigenvalue weighted by molar-refractivity contribution is 6.02. The van der Waals surface area contributed by atoms with Crippen molar-refractivity contribution in [3.05, 3.63) is 60.2 Å². The fourth-order valence-corrected chi connectivity index (χ4v) is 2.41. The monoisotopic (exact) mass is 222 g/mol. The minimum Gasteiger partial charge on any atom is -0.380 e. The SMILES string of the molecule is COCc1c2ccccc2cc2ccccc12. The first kappa shape index (κ1) is 10.3. The van der Waals surface area contributed by atoms with E-state index in [4.69, 9.17) is 4.74 Å². The number of rotatable bonds is 2. The van der Waals surface area contributed by atoms with Crippen LogP contribution in [-0.2, 0) is 11.3 Å². The van der Waals surface area contributed by atoms with Crippen molar-refractivity contribution in [2.45, 2.75) is 6.61 Å². The van der Waals surface area contributed by atoms with Crippen LogP contribution in [0, 0.1) is 0 Å². The molecule has 0 aliphatic carbocycles. The molecule has 0 aliphatic heterocycles. The van der Waals surface area contributed by atoms with Crippen molar-refractivity contribution < 1.29 is 4.74 Å². The summed E-state index contributed by atoms with van der Waals surface area (Å²) in [4.78, 5) is 0. The molecule has 3 rings (SSSR count). The van der Waals surface area contributed by atoms with Gasteiger partial charge in [0.05, 0.1) is 6.61 Å². The van der Waals surface area contributed by atoms with E-state index in [-0.39, 0.29) is 0 Å². The fraction of sp³-hybridized carbons (Fsp3) is 0.125. The van der Waals surface area contributed by atoms with Crippen molar-refractivity contribution in [1.82, 2.24) is 0 Å². The Morgan fingerprint density at radius 1 is 0.824 bits per heavy atom. The summed E-state index contributed by atoms with van der Waals surface area (Å²) < 4.78 is 5.34. The lowest BCUT2D eigenvalue weighted by molar-refractivity contribution is 0.187. The van der Waals surface area contributed by atoms with E-state index in [9.17, 15) is 0 Å². The van der Waals surface area contributed by atoms with Crippen LogP contribution in [0.1, 0.15) is 5.56 Å². The Morgan fingerprint density at radius 2 is 1.35 bits per heavy atom. The van der Waals surface area contributed by atoms with E-state index in [2.05, 4.69) is 54.6 Å². The third kappa shape index (κ3) is 1.69. The smallest absolute Gasteiger partial charge is 0.0725 e. The summed E-state index contributed by atoms with van der Waals surface area (Å²) in [5.41, 5.74) is 1.28. The maximum atomic E-state index is 5.34. The molecular formula is C16H14O. The number of ether oxygens (including phenoxy) is 1. The van der Waals surface area contributed by atoms with Crippen LogP contribution in [-0.4, -0.2) is 7.11 Å². The maximum Gasteiger partial charge on any atom is 0.0725 e. The van der Waals surface area contributed by atoms with E-state index in [1.807, 2.05) is 0 Å². The van der Waals surface area contributed by atoms with Crippen molar-refractivity contribution in [3.63, 3.8) is 0 Å². The van der Waals surface area contributed by atoms with Crippen molar-refractivity contribution in [2.24, 2.45) is 0 Å². The standard InChI is InChI=1S/C16H14O/c1-17-11-16-14-8-4-2-6-12(14)10-13-7-3-5-9-15(13)16/h2-10H,11H2,1H3. The van der Waals surface area contributed by atoms with Gasteiger partial charge in [0.2, 0.25) is 0 Å². The fourth-order valence-electron chi connectivity index (χ4n) is 2.41. The van der Waals surface area contributed by atoms with E-state index >= 15 is 0 Å². The van der Waals surface area contributed by atoms with Crippen LogP contribution in [0.15, 0.2) is 54.6 Å². The average Bonchev–Trinajstić information content (AvgIpc) is 2.39. The first-order valence-corrected chi connectivity index (χ1v) is 5.78. The van der Waals surface area contributed by atoms with Gasteiger partial charge in [-0.15, -0.1) is 0 Å². The molecule has 0 aromatic heterocycles. The molecule has 1 heteroatoms. The number of benzene rings is 3. The van der Waals surface area contributed by atoms with Crippen LogP contribution in [0.2, 0.25) is 0 Å². The normalized spacial score (nSPS) is 11.1. The largest absolute Gasteiger partial charge is 0.380 e. The minimum atomic E-state index is 0.655. The zero-order valence-electron chi connectivity index (χ0n) is 9.81. The van der Waals surface area contributed by atoms with E-state index in [0.29, 0.717) is 6.61 Å². The van der Waals surface area contributed by atoms with Crippen LogP contribution in [0.4, 0.5) is 0 Å². The molecule has 0 fully saturated rings. The topological polar surface area (TPSA) is 9.23 Å². The lowest BCUT2D eigenvalue weighted by Crippen LogP contribution is -1.91. The lowest BCUT2D eigenvalue weighted by atomic mass is 9.97. The van der Waals surface area contributed by atoms with Crippen LogP contribution in [0.25, 0.3) is 21.5 Å². The Bertz CT molecular complexity index is 616. The van der Waals surface area contributed by atoms with Crippen molar-refractivity contribution >= 4 is 21.5 Å². The maximum absolute atomic E-state index is 5.34. The Hall–Kier alpha value is -1.86. The zero-order chi connectivity index (χ0) is 11.7. The van der Waals surface area contributed by atoms with Gasteiger partial charge in [0.15, 0.2) is 0 Å². The van der Waals surface area contributed by atoms with Gasteiger partial charge >= 0.3 is 0 Å². The minimum absolute atomic E-state index is 0.655. The van der Waals surface area contributed by atoms with E-state index in [1.54, 1.807) is 7.11 Å². The summed E-state index contributed by atoms with van der Waals surface area (Å²) in [6, 6.07) is 19.2. The average molecular weight is 222 g/mol. The van der Waals surface area contributed by atoms with Gasteiger partial charge in [-0.2, -0.15) is 0 Å². The van der Waals surface area contributed by atoms with Gasteiger partial charge in [-0.05, 0) is 33.2 Å². The van der Waals surface area contributed by atoms with Gasteiger partial charge in [0.1, 0.15) is 0 Å². The van der Waals surface area contributed by atoms with Crippen molar-refractivity contribution in [3.8, 4) is 0 Å². The molecule has 0 unspecified atom stereocenters. The van der Waals surface area contributed by atoms with E-state index in [1.165, 1.54) is 27.1 Å². The van der Waals surface area contributed by atoms with Gasteiger partial charge in [-0.3, -0.25) is 0 Å². The Kier molecular flexibility index (Phi) is 2.54. The van der Waals surface area contributed by atoms with Gasteiger partial charge in [-0.25, -0.2) is 0 Å². The highest BCUT2D eigenvalue weighted by atomic mass is 16.5. The molecule has 84 valence electrons. The molecule has 0 N–H and O–H groups in total. The molecule has 17 heavy (non-hydrogen) atoms. The summed E-state index contributed by atoms with van der Waals surface area (Å²) >= 11 is 0. The second kappa shape index (κ2) is 4.19. The Labute approximate surface area is 101 Å². The first-order chi connectivity index (χ1) is 8.40. The van der Waals surface area contributed by atoms with E-state index in [0.717, 1.165) is 0 Å². The van der Waals surface area contributed by atoms with E-state index < -0.39 is 0 Å². The third-order valence-electron chi connectivity index (χ3n) is 3.17. The molecule has 0 heterocycles. The van der Waals surface area contributed by atoms with Crippen LogP contribution < -0.4 is 0 Å². The summed E-state index contributed by atoms with van der Waals surface area (Å²) in [5, 5.41) is 5.12. The summed E-state index contributed by atoms with van der Waals surface area (Å²) in [6.07, 6.45) is 0. The number of fused-ring (bicyclic) bond motifs is 2.